The summed E-state index contributed by atoms with van der Waals surface area (Å²) in [6.07, 6.45) is 8.23. The first-order chi connectivity index (χ1) is 8.33. The predicted molar refractivity (Wildman–Crippen MR) is 67.0 cm³/mol. The van der Waals surface area contributed by atoms with Crippen LogP contribution in [0, 0.1) is 11.8 Å². The van der Waals surface area contributed by atoms with E-state index in [-0.39, 0.29) is 0 Å². The van der Waals surface area contributed by atoms with Gasteiger partial charge in [0.05, 0.1) is 0 Å². The van der Waals surface area contributed by atoms with Crippen molar-refractivity contribution in [2.75, 3.05) is 13.2 Å². The molecular weight excluding hydrogens is 212 g/mol. The SMILES string of the molecule is CC1CCc2cnc(CC3CCCOC3)n2C1. The maximum absolute atomic E-state index is 5.56. The summed E-state index contributed by atoms with van der Waals surface area (Å²) in [5.41, 5.74) is 1.44. The molecule has 2 unspecified atom stereocenters. The van der Waals surface area contributed by atoms with E-state index in [2.05, 4.69) is 22.7 Å². The van der Waals surface area contributed by atoms with E-state index in [0.29, 0.717) is 5.92 Å². The molecule has 3 heteroatoms. The molecule has 1 aromatic heterocycles. The smallest absolute Gasteiger partial charge is 0.109 e. The Kier molecular flexibility index (Phi) is 3.19. The predicted octanol–water partition coefficient (Wildman–Crippen LogP) is 2.43. The van der Waals surface area contributed by atoms with Crippen LogP contribution in [0.25, 0.3) is 0 Å². The average molecular weight is 234 g/mol. The zero-order valence-electron chi connectivity index (χ0n) is 10.7. The van der Waals surface area contributed by atoms with Crippen LogP contribution in [0.3, 0.4) is 0 Å². The molecule has 3 rings (SSSR count). The molecule has 0 amide bonds. The minimum Gasteiger partial charge on any atom is -0.381 e. The van der Waals surface area contributed by atoms with Crippen molar-refractivity contribution in [2.45, 2.75) is 45.6 Å². The molecule has 3 heterocycles. The number of aromatic nitrogens is 2. The second kappa shape index (κ2) is 4.81. The highest BCUT2D eigenvalue weighted by Crippen LogP contribution is 2.24. The molecule has 1 saturated heterocycles. The van der Waals surface area contributed by atoms with Crippen molar-refractivity contribution in [1.29, 1.82) is 0 Å². The molecule has 0 radical (unpaired) electrons. The van der Waals surface area contributed by atoms with Gasteiger partial charge in [-0.3, -0.25) is 0 Å². The Hall–Kier alpha value is -0.830. The van der Waals surface area contributed by atoms with E-state index in [9.17, 15) is 0 Å². The summed E-state index contributed by atoms with van der Waals surface area (Å²) in [5, 5.41) is 0. The van der Waals surface area contributed by atoms with E-state index >= 15 is 0 Å². The summed E-state index contributed by atoms with van der Waals surface area (Å²) in [6, 6.07) is 0. The number of hydrogen-bond donors (Lipinski definition) is 0. The lowest BCUT2D eigenvalue weighted by Crippen LogP contribution is -2.24. The van der Waals surface area contributed by atoms with Crippen LogP contribution in [-0.2, 0) is 24.1 Å². The van der Waals surface area contributed by atoms with Crippen LogP contribution in [0.15, 0.2) is 6.20 Å². The standard InChI is InChI=1S/C14H22N2O/c1-11-4-5-13-8-15-14(16(13)9-11)7-12-3-2-6-17-10-12/h8,11-12H,2-7,9-10H2,1H3. The molecule has 2 atom stereocenters. The van der Waals surface area contributed by atoms with Gasteiger partial charge in [0.2, 0.25) is 0 Å². The molecule has 1 aromatic rings. The fraction of sp³-hybridized carbons (Fsp3) is 0.786. The summed E-state index contributed by atoms with van der Waals surface area (Å²) < 4.78 is 8.02. The highest BCUT2D eigenvalue weighted by molar-refractivity contribution is 5.09. The quantitative estimate of drug-likeness (QED) is 0.786. The van der Waals surface area contributed by atoms with E-state index in [4.69, 9.17) is 4.74 Å². The minimum absolute atomic E-state index is 0.687. The van der Waals surface area contributed by atoms with E-state index < -0.39 is 0 Å². The molecule has 17 heavy (non-hydrogen) atoms. The fourth-order valence-electron chi connectivity index (χ4n) is 3.06. The normalized spacial score (nSPS) is 29.0. The molecule has 1 fully saturated rings. The average Bonchev–Trinajstić information content (AvgIpc) is 2.73. The first-order valence-corrected chi connectivity index (χ1v) is 6.94. The molecule has 94 valence electrons. The van der Waals surface area contributed by atoms with Crippen LogP contribution in [0.2, 0.25) is 0 Å². The largest absolute Gasteiger partial charge is 0.381 e. The first-order valence-electron chi connectivity index (χ1n) is 6.94. The van der Waals surface area contributed by atoms with Crippen molar-refractivity contribution in [1.82, 2.24) is 9.55 Å². The first kappa shape index (κ1) is 11.3. The second-order valence-corrected chi connectivity index (χ2v) is 5.71. The van der Waals surface area contributed by atoms with Crippen LogP contribution in [0.1, 0.15) is 37.7 Å². The van der Waals surface area contributed by atoms with Crippen molar-refractivity contribution in [2.24, 2.45) is 11.8 Å². The van der Waals surface area contributed by atoms with Crippen LogP contribution >= 0.6 is 0 Å². The Morgan fingerprint density at radius 1 is 1.47 bits per heavy atom. The van der Waals surface area contributed by atoms with E-state index in [1.165, 1.54) is 37.2 Å². The molecular formula is C14H22N2O. The number of aryl methyl sites for hydroxylation is 1. The molecule has 0 spiro atoms. The van der Waals surface area contributed by atoms with Gasteiger partial charge in [0, 0.05) is 38.1 Å². The zero-order chi connectivity index (χ0) is 11.7. The number of rotatable bonds is 2. The van der Waals surface area contributed by atoms with E-state index in [1.54, 1.807) is 0 Å². The van der Waals surface area contributed by atoms with Gasteiger partial charge in [-0.1, -0.05) is 6.92 Å². The topological polar surface area (TPSA) is 27.1 Å². The number of fused-ring (bicyclic) bond motifs is 1. The Morgan fingerprint density at radius 3 is 3.24 bits per heavy atom. The monoisotopic (exact) mass is 234 g/mol. The number of hydrogen-bond acceptors (Lipinski definition) is 2. The fourth-order valence-corrected chi connectivity index (χ4v) is 3.06. The summed E-state index contributed by atoms with van der Waals surface area (Å²) >= 11 is 0. The van der Waals surface area contributed by atoms with Gasteiger partial charge in [-0.05, 0) is 37.5 Å². The molecule has 0 N–H and O–H groups in total. The van der Waals surface area contributed by atoms with Crippen molar-refractivity contribution in [3.05, 3.63) is 17.7 Å². The minimum atomic E-state index is 0.687. The maximum atomic E-state index is 5.56. The van der Waals surface area contributed by atoms with Gasteiger partial charge in [-0.15, -0.1) is 0 Å². The van der Waals surface area contributed by atoms with E-state index in [1.807, 2.05) is 0 Å². The Balaban J connectivity index is 1.72. The third kappa shape index (κ3) is 2.39. The van der Waals surface area contributed by atoms with Gasteiger partial charge < -0.3 is 9.30 Å². The highest BCUT2D eigenvalue weighted by atomic mass is 16.5. The van der Waals surface area contributed by atoms with Crippen LogP contribution < -0.4 is 0 Å². The van der Waals surface area contributed by atoms with Gasteiger partial charge in [-0.2, -0.15) is 0 Å². The van der Waals surface area contributed by atoms with Crippen molar-refractivity contribution < 1.29 is 4.74 Å². The van der Waals surface area contributed by atoms with Gasteiger partial charge >= 0.3 is 0 Å². The van der Waals surface area contributed by atoms with Crippen molar-refractivity contribution >= 4 is 0 Å². The Morgan fingerprint density at radius 2 is 2.41 bits per heavy atom. The lowest BCUT2D eigenvalue weighted by molar-refractivity contribution is 0.0538. The Bertz CT molecular complexity index is 380. The van der Waals surface area contributed by atoms with Crippen molar-refractivity contribution in [3.8, 4) is 0 Å². The van der Waals surface area contributed by atoms with E-state index in [0.717, 1.165) is 32.1 Å². The van der Waals surface area contributed by atoms with Crippen LogP contribution in [0.4, 0.5) is 0 Å². The molecule has 0 aromatic carbocycles. The zero-order valence-corrected chi connectivity index (χ0v) is 10.7. The lowest BCUT2D eigenvalue weighted by atomic mass is 9.97. The Labute approximate surface area is 103 Å². The number of nitrogens with zero attached hydrogens (tertiary/aromatic N) is 2. The lowest BCUT2D eigenvalue weighted by Gasteiger charge is -2.25. The summed E-state index contributed by atoms with van der Waals surface area (Å²) in [6.45, 7) is 5.39. The molecule has 0 saturated carbocycles. The summed E-state index contributed by atoms with van der Waals surface area (Å²) in [5.74, 6) is 2.78. The van der Waals surface area contributed by atoms with Crippen LogP contribution in [0.5, 0.6) is 0 Å². The van der Waals surface area contributed by atoms with Gasteiger partial charge in [0.25, 0.3) is 0 Å². The van der Waals surface area contributed by atoms with Crippen LogP contribution in [-0.4, -0.2) is 22.8 Å². The van der Waals surface area contributed by atoms with Crippen molar-refractivity contribution in [3.63, 3.8) is 0 Å². The molecule has 0 aliphatic carbocycles. The molecule has 2 aliphatic heterocycles. The molecule has 0 bridgehead atoms. The summed E-state index contributed by atoms with van der Waals surface area (Å²) in [4.78, 5) is 4.63. The number of ether oxygens (including phenoxy) is 1. The molecule has 3 nitrogen and oxygen atoms in total. The highest BCUT2D eigenvalue weighted by Gasteiger charge is 2.21. The molecule has 2 aliphatic rings. The van der Waals surface area contributed by atoms with Gasteiger partial charge in [-0.25, -0.2) is 4.98 Å². The second-order valence-electron chi connectivity index (χ2n) is 5.71. The third-order valence-electron chi connectivity index (χ3n) is 4.13. The van der Waals surface area contributed by atoms with Gasteiger partial charge in [0.1, 0.15) is 5.82 Å². The number of imidazole rings is 1. The maximum Gasteiger partial charge on any atom is 0.109 e. The summed E-state index contributed by atoms with van der Waals surface area (Å²) in [7, 11) is 0. The van der Waals surface area contributed by atoms with Gasteiger partial charge in [0.15, 0.2) is 0 Å². The third-order valence-corrected chi connectivity index (χ3v) is 4.13.